The van der Waals surface area contributed by atoms with Gasteiger partial charge in [-0.15, -0.1) is 0 Å². The third-order valence-corrected chi connectivity index (χ3v) is 4.45. The van der Waals surface area contributed by atoms with E-state index in [2.05, 4.69) is 54.9 Å². The van der Waals surface area contributed by atoms with Crippen LogP contribution < -0.4 is 0 Å². The summed E-state index contributed by atoms with van der Waals surface area (Å²) in [5, 5.41) is 0. The van der Waals surface area contributed by atoms with E-state index in [1.807, 2.05) is 0 Å². The number of rotatable bonds is 0. The summed E-state index contributed by atoms with van der Waals surface area (Å²) in [5.74, 6) is 0. The lowest BCUT2D eigenvalue weighted by Crippen LogP contribution is -2.12. The summed E-state index contributed by atoms with van der Waals surface area (Å²) in [6.45, 7) is 6.86. The molecular weight excluding hydrogens is 260 g/mol. The molecule has 88 valence electrons. The highest BCUT2D eigenvalue weighted by Crippen LogP contribution is 2.37. The van der Waals surface area contributed by atoms with Gasteiger partial charge in [0.05, 0.1) is 0 Å². The summed E-state index contributed by atoms with van der Waals surface area (Å²) in [6, 6.07) is 7.07. The van der Waals surface area contributed by atoms with Crippen molar-refractivity contribution in [1.29, 1.82) is 0 Å². The van der Waals surface area contributed by atoms with Crippen LogP contribution in [-0.2, 0) is 11.8 Å². The number of hydrogen-bond acceptors (Lipinski definition) is 0. The van der Waals surface area contributed by atoms with Gasteiger partial charge in [0.15, 0.2) is 0 Å². The van der Waals surface area contributed by atoms with Gasteiger partial charge >= 0.3 is 0 Å². The molecule has 1 heteroatoms. The molecule has 1 unspecified atom stereocenters. The smallest absolute Gasteiger partial charge is 0.0398 e. The van der Waals surface area contributed by atoms with Crippen LogP contribution in [0.25, 0.3) is 0 Å². The first-order valence-electron chi connectivity index (χ1n) is 6.26. The van der Waals surface area contributed by atoms with Crippen LogP contribution in [0.4, 0.5) is 0 Å². The van der Waals surface area contributed by atoms with E-state index in [1.54, 1.807) is 5.56 Å². The molecule has 0 nitrogen and oxygen atoms in total. The predicted octanol–water partition coefficient (Wildman–Crippen LogP) is 5.15. The molecule has 0 aromatic heterocycles. The van der Waals surface area contributed by atoms with Crippen molar-refractivity contribution in [3.05, 3.63) is 34.9 Å². The van der Waals surface area contributed by atoms with Gasteiger partial charge in [0.25, 0.3) is 0 Å². The third-order valence-electron chi connectivity index (χ3n) is 3.50. The molecule has 1 atom stereocenters. The lowest BCUT2D eigenvalue weighted by molar-refractivity contribution is 0.589. The average molecular weight is 281 g/mol. The number of fused-ring (bicyclic) bond motifs is 1. The normalized spacial score (nSPS) is 21.4. The quantitative estimate of drug-likeness (QED) is 0.456. The Labute approximate surface area is 108 Å². The first kappa shape index (κ1) is 12.2. The molecule has 1 aliphatic rings. The molecule has 16 heavy (non-hydrogen) atoms. The van der Waals surface area contributed by atoms with E-state index < -0.39 is 0 Å². The van der Waals surface area contributed by atoms with Gasteiger partial charge < -0.3 is 0 Å². The second-order valence-corrected chi connectivity index (χ2v) is 6.98. The molecule has 1 aliphatic carbocycles. The maximum atomic E-state index is 3.84. The molecule has 0 bridgehead atoms. The molecule has 0 saturated carbocycles. The van der Waals surface area contributed by atoms with E-state index >= 15 is 0 Å². The molecule has 0 N–H and O–H groups in total. The summed E-state index contributed by atoms with van der Waals surface area (Å²) >= 11 is 3.84. The molecule has 0 saturated heterocycles. The molecule has 0 aliphatic heterocycles. The van der Waals surface area contributed by atoms with Gasteiger partial charge in [-0.25, -0.2) is 0 Å². The van der Waals surface area contributed by atoms with E-state index in [0.29, 0.717) is 4.83 Å². The van der Waals surface area contributed by atoms with Crippen LogP contribution in [0.3, 0.4) is 0 Å². The highest BCUT2D eigenvalue weighted by Gasteiger charge is 2.20. The number of hydrogen-bond donors (Lipinski definition) is 0. The van der Waals surface area contributed by atoms with Crippen molar-refractivity contribution in [3.63, 3.8) is 0 Å². The largest absolute Gasteiger partial charge is 0.0839 e. The first-order valence-corrected chi connectivity index (χ1v) is 7.17. The van der Waals surface area contributed by atoms with Crippen LogP contribution in [0.1, 0.15) is 61.6 Å². The summed E-state index contributed by atoms with van der Waals surface area (Å²) in [4.78, 5) is 0.562. The minimum absolute atomic E-state index is 0.258. The molecule has 1 aromatic carbocycles. The van der Waals surface area contributed by atoms with Crippen LogP contribution >= 0.6 is 15.9 Å². The number of benzene rings is 1. The molecule has 1 aromatic rings. The van der Waals surface area contributed by atoms with Crippen molar-refractivity contribution in [2.75, 3.05) is 0 Å². The van der Waals surface area contributed by atoms with Crippen LogP contribution in [0.2, 0.25) is 0 Å². The van der Waals surface area contributed by atoms with E-state index in [-0.39, 0.29) is 5.41 Å². The zero-order valence-electron chi connectivity index (χ0n) is 10.5. The summed E-state index contributed by atoms with van der Waals surface area (Å²) < 4.78 is 0. The second kappa shape index (κ2) is 4.52. The Balaban J connectivity index is 2.43. The maximum absolute atomic E-state index is 3.84. The van der Waals surface area contributed by atoms with Gasteiger partial charge in [0, 0.05) is 4.83 Å². The van der Waals surface area contributed by atoms with E-state index in [9.17, 15) is 0 Å². The fourth-order valence-corrected chi connectivity index (χ4v) is 3.13. The Hall–Kier alpha value is -0.300. The third kappa shape index (κ3) is 2.51. The van der Waals surface area contributed by atoms with Crippen molar-refractivity contribution in [3.8, 4) is 0 Å². The van der Waals surface area contributed by atoms with Gasteiger partial charge in [0.1, 0.15) is 0 Å². The van der Waals surface area contributed by atoms with Crippen LogP contribution in [0.5, 0.6) is 0 Å². The monoisotopic (exact) mass is 280 g/mol. The number of aryl methyl sites for hydroxylation is 1. The van der Waals surface area contributed by atoms with Gasteiger partial charge in [-0.1, -0.05) is 61.3 Å². The Morgan fingerprint density at radius 1 is 1.19 bits per heavy atom. The summed E-state index contributed by atoms with van der Waals surface area (Å²) in [5.41, 5.74) is 4.79. The number of alkyl halides is 1. The van der Waals surface area contributed by atoms with E-state index in [1.165, 1.54) is 36.8 Å². The Kier molecular flexibility index (Phi) is 3.44. The van der Waals surface area contributed by atoms with Crippen molar-refractivity contribution >= 4 is 15.9 Å². The van der Waals surface area contributed by atoms with Crippen LogP contribution in [-0.4, -0.2) is 0 Å². The predicted molar refractivity (Wildman–Crippen MR) is 74.4 cm³/mol. The Morgan fingerprint density at radius 3 is 2.62 bits per heavy atom. The van der Waals surface area contributed by atoms with Gasteiger partial charge in [-0.05, 0) is 41.4 Å². The Bertz CT molecular complexity index is 374. The van der Waals surface area contributed by atoms with Gasteiger partial charge in [-0.2, -0.15) is 0 Å². The maximum Gasteiger partial charge on any atom is 0.0398 e. The SMILES string of the molecule is CC(C)(C)c1ccc2c(c1)C(Br)CCCC2. The molecule has 0 heterocycles. The Morgan fingerprint density at radius 2 is 1.94 bits per heavy atom. The van der Waals surface area contributed by atoms with E-state index in [0.717, 1.165) is 0 Å². The second-order valence-electron chi connectivity index (χ2n) is 5.88. The van der Waals surface area contributed by atoms with Crippen LogP contribution in [0.15, 0.2) is 18.2 Å². The van der Waals surface area contributed by atoms with Crippen molar-refractivity contribution in [2.45, 2.75) is 56.7 Å². The lowest BCUT2D eigenvalue weighted by atomic mass is 9.84. The molecule has 2 rings (SSSR count). The molecule has 0 fully saturated rings. The zero-order valence-corrected chi connectivity index (χ0v) is 12.1. The minimum atomic E-state index is 0.258. The van der Waals surface area contributed by atoms with Crippen molar-refractivity contribution in [2.24, 2.45) is 0 Å². The van der Waals surface area contributed by atoms with Crippen LogP contribution in [0, 0.1) is 0 Å². The summed E-state index contributed by atoms with van der Waals surface area (Å²) in [6.07, 6.45) is 5.21. The van der Waals surface area contributed by atoms with E-state index in [4.69, 9.17) is 0 Å². The standard InChI is InChI=1S/C15H21Br/c1-15(2,3)12-9-8-11-6-4-5-7-14(16)13(11)10-12/h8-10,14H,4-7H2,1-3H3. The molecule has 0 amide bonds. The average Bonchev–Trinajstić information content (AvgIpc) is 2.39. The first-order chi connectivity index (χ1) is 7.48. The van der Waals surface area contributed by atoms with Gasteiger partial charge in [0.2, 0.25) is 0 Å². The fraction of sp³-hybridized carbons (Fsp3) is 0.600. The molecule has 0 radical (unpaired) electrons. The molecule has 0 spiro atoms. The minimum Gasteiger partial charge on any atom is -0.0839 e. The summed E-state index contributed by atoms with van der Waals surface area (Å²) in [7, 11) is 0. The highest BCUT2D eigenvalue weighted by atomic mass is 79.9. The number of halogens is 1. The zero-order chi connectivity index (χ0) is 11.8. The molecular formula is C15H21Br. The lowest BCUT2D eigenvalue weighted by Gasteiger charge is -2.22. The van der Waals surface area contributed by atoms with Gasteiger partial charge in [-0.3, -0.25) is 0 Å². The van der Waals surface area contributed by atoms with Crippen molar-refractivity contribution < 1.29 is 0 Å². The highest BCUT2D eigenvalue weighted by molar-refractivity contribution is 9.09. The van der Waals surface area contributed by atoms with Crippen molar-refractivity contribution in [1.82, 2.24) is 0 Å². The fourth-order valence-electron chi connectivity index (χ4n) is 2.38. The topological polar surface area (TPSA) is 0 Å².